The summed E-state index contributed by atoms with van der Waals surface area (Å²) in [6, 6.07) is 6.79. The Bertz CT molecular complexity index is 915. The summed E-state index contributed by atoms with van der Waals surface area (Å²) in [7, 11) is 3.08. The van der Waals surface area contributed by atoms with E-state index in [0.29, 0.717) is 42.9 Å². The summed E-state index contributed by atoms with van der Waals surface area (Å²) < 4.78 is 12.1. The van der Waals surface area contributed by atoms with E-state index in [1.54, 1.807) is 30.5 Å². The van der Waals surface area contributed by atoms with E-state index in [9.17, 15) is 14.7 Å². The highest BCUT2D eigenvalue weighted by Gasteiger charge is 2.50. The largest absolute Gasteiger partial charge is 0.497 e. The minimum Gasteiger partial charge on any atom is -0.497 e. The molecule has 0 unspecified atom stereocenters. The number of carbonyl (C=O) groups excluding carboxylic acids is 1. The molecule has 0 spiro atoms. The topological polar surface area (TPSA) is 93.9 Å². The molecular formula is C20H21N3O5. The second-order valence-electron chi connectivity index (χ2n) is 6.52. The molecule has 1 heterocycles. The van der Waals surface area contributed by atoms with Gasteiger partial charge < -0.3 is 14.6 Å². The Hall–Kier alpha value is -3.47. The number of aromatic nitrogens is 2. The van der Waals surface area contributed by atoms with E-state index in [2.05, 4.69) is 5.10 Å². The zero-order valence-electron chi connectivity index (χ0n) is 15.7. The minimum absolute atomic E-state index is 0.189. The molecule has 0 atom stereocenters. The van der Waals surface area contributed by atoms with Crippen LogP contribution in [0.3, 0.4) is 0 Å². The molecule has 146 valence electrons. The lowest BCUT2D eigenvalue weighted by Crippen LogP contribution is -2.56. The number of carbonyl (C=O) groups is 2. The Labute approximate surface area is 162 Å². The van der Waals surface area contributed by atoms with Crippen LogP contribution in [0.25, 0.3) is 5.69 Å². The van der Waals surface area contributed by atoms with Crippen LogP contribution < -0.4 is 14.4 Å². The molecule has 1 aliphatic rings. The lowest BCUT2D eigenvalue weighted by Gasteiger charge is -2.34. The lowest BCUT2D eigenvalue weighted by molar-refractivity contribution is -0.144. The summed E-state index contributed by atoms with van der Waals surface area (Å²) in [6.07, 6.45) is 9.02. The third-order valence-corrected chi connectivity index (χ3v) is 4.99. The lowest BCUT2D eigenvalue weighted by atomic mass is 9.95. The molecule has 1 amide bonds. The number of hydrogen-bond donors (Lipinski definition) is 1. The number of ether oxygens (including phenoxy) is 2. The summed E-state index contributed by atoms with van der Waals surface area (Å²) >= 11 is 0. The Morgan fingerprint density at radius 3 is 2.32 bits per heavy atom. The van der Waals surface area contributed by atoms with E-state index in [4.69, 9.17) is 15.9 Å². The zero-order valence-corrected chi connectivity index (χ0v) is 15.7. The number of nitrogens with zero attached hydrogens (tertiary/aromatic N) is 3. The van der Waals surface area contributed by atoms with Gasteiger partial charge in [-0.2, -0.15) is 0 Å². The van der Waals surface area contributed by atoms with E-state index < -0.39 is 17.4 Å². The quantitative estimate of drug-likeness (QED) is 0.769. The fourth-order valence-corrected chi connectivity index (χ4v) is 3.58. The molecule has 1 aromatic carbocycles. The number of hydrogen-bond acceptors (Lipinski definition) is 5. The van der Waals surface area contributed by atoms with Crippen molar-refractivity contribution in [3.63, 3.8) is 0 Å². The van der Waals surface area contributed by atoms with E-state index >= 15 is 0 Å². The van der Waals surface area contributed by atoms with Crippen LogP contribution >= 0.6 is 0 Å². The van der Waals surface area contributed by atoms with Gasteiger partial charge in [0.05, 0.1) is 19.9 Å². The molecule has 0 aliphatic heterocycles. The molecule has 3 rings (SSSR count). The van der Waals surface area contributed by atoms with Gasteiger partial charge >= 0.3 is 11.9 Å². The van der Waals surface area contributed by atoms with Crippen molar-refractivity contribution in [3.05, 3.63) is 30.5 Å². The molecule has 2 aromatic rings. The molecular weight excluding hydrogens is 362 g/mol. The standard InChI is InChI=1S/C20H21N3O5/c1-4-18(24)23(20(19(25)26)8-5-6-9-20)17-7-10-22(21-17)14-11-15(27-2)13-16(12-14)28-3/h1,7,10-13H,5-6,8-9H2,2-3H3,(H,25,26). The molecule has 0 saturated heterocycles. The van der Waals surface area contributed by atoms with Gasteiger partial charge in [0.2, 0.25) is 0 Å². The maximum atomic E-state index is 12.5. The second-order valence-corrected chi connectivity index (χ2v) is 6.52. The van der Waals surface area contributed by atoms with Crippen molar-refractivity contribution < 1.29 is 24.2 Å². The van der Waals surface area contributed by atoms with Gasteiger partial charge in [-0.15, -0.1) is 11.5 Å². The number of aliphatic carboxylic acids is 1. The van der Waals surface area contributed by atoms with Crippen LogP contribution in [0.2, 0.25) is 0 Å². The molecule has 1 fully saturated rings. The molecule has 1 aliphatic carbocycles. The number of rotatable bonds is 6. The van der Waals surface area contributed by atoms with Crippen molar-refractivity contribution in [2.24, 2.45) is 0 Å². The minimum atomic E-state index is -1.38. The second kappa shape index (κ2) is 7.64. The van der Waals surface area contributed by atoms with E-state index in [1.807, 2.05) is 5.92 Å². The van der Waals surface area contributed by atoms with Crippen LogP contribution in [-0.2, 0) is 9.59 Å². The molecule has 8 heteroatoms. The first-order valence-electron chi connectivity index (χ1n) is 8.78. The van der Waals surface area contributed by atoms with Gasteiger partial charge in [0, 0.05) is 30.5 Å². The van der Waals surface area contributed by atoms with E-state index in [0.717, 1.165) is 4.90 Å². The van der Waals surface area contributed by atoms with Crippen LogP contribution in [0, 0.1) is 12.3 Å². The number of methoxy groups -OCH3 is 2. The molecule has 1 N–H and O–H groups in total. The number of terminal acetylenes is 1. The maximum Gasteiger partial charge on any atom is 0.330 e. The number of carboxylic acid groups (broad SMARTS) is 1. The summed E-state index contributed by atoms with van der Waals surface area (Å²) in [4.78, 5) is 25.7. The van der Waals surface area contributed by atoms with Crippen molar-refractivity contribution in [1.82, 2.24) is 9.78 Å². The predicted octanol–water partition coefficient (Wildman–Crippen LogP) is 2.25. The monoisotopic (exact) mass is 383 g/mol. The molecule has 28 heavy (non-hydrogen) atoms. The van der Waals surface area contributed by atoms with Gasteiger partial charge in [-0.3, -0.25) is 9.69 Å². The van der Waals surface area contributed by atoms with Crippen molar-refractivity contribution in [1.29, 1.82) is 0 Å². The van der Waals surface area contributed by atoms with Crippen molar-refractivity contribution in [2.75, 3.05) is 19.1 Å². The molecule has 0 radical (unpaired) electrons. The Morgan fingerprint density at radius 1 is 1.21 bits per heavy atom. The molecule has 1 saturated carbocycles. The highest BCUT2D eigenvalue weighted by molar-refractivity contribution is 6.09. The summed E-state index contributed by atoms with van der Waals surface area (Å²) in [5.74, 6) is 1.57. The normalized spacial score (nSPS) is 14.9. The summed E-state index contributed by atoms with van der Waals surface area (Å²) in [6.45, 7) is 0. The van der Waals surface area contributed by atoms with Gasteiger partial charge in [0.15, 0.2) is 5.82 Å². The van der Waals surface area contributed by atoms with Crippen LogP contribution in [0.15, 0.2) is 30.5 Å². The molecule has 0 bridgehead atoms. The van der Waals surface area contributed by atoms with Crippen LogP contribution in [0.4, 0.5) is 5.82 Å². The van der Waals surface area contributed by atoms with Crippen LogP contribution in [0.1, 0.15) is 25.7 Å². The van der Waals surface area contributed by atoms with Gasteiger partial charge in [-0.1, -0.05) is 12.8 Å². The van der Waals surface area contributed by atoms with Gasteiger partial charge in [0.25, 0.3) is 0 Å². The van der Waals surface area contributed by atoms with Gasteiger partial charge in [-0.05, 0) is 18.8 Å². The van der Waals surface area contributed by atoms with Crippen molar-refractivity contribution >= 4 is 17.7 Å². The Balaban J connectivity index is 2.06. The van der Waals surface area contributed by atoms with Gasteiger partial charge in [-0.25, -0.2) is 9.48 Å². The third-order valence-electron chi connectivity index (χ3n) is 4.99. The smallest absolute Gasteiger partial charge is 0.330 e. The first-order chi connectivity index (χ1) is 13.4. The Morgan fingerprint density at radius 2 is 1.82 bits per heavy atom. The average Bonchev–Trinajstić information content (AvgIpc) is 3.38. The fraction of sp³-hybridized carbons (Fsp3) is 0.350. The zero-order chi connectivity index (χ0) is 20.3. The van der Waals surface area contributed by atoms with Crippen LogP contribution in [-0.4, -0.2) is 46.5 Å². The highest BCUT2D eigenvalue weighted by atomic mass is 16.5. The first kappa shape index (κ1) is 19.3. The van der Waals surface area contributed by atoms with Gasteiger partial charge in [0.1, 0.15) is 17.0 Å². The number of anilines is 1. The third kappa shape index (κ3) is 3.27. The van der Waals surface area contributed by atoms with E-state index in [1.165, 1.54) is 18.9 Å². The SMILES string of the molecule is C#CC(=O)N(c1ccn(-c2cc(OC)cc(OC)c2)n1)C1(C(=O)O)CCCC1. The first-order valence-corrected chi connectivity index (χ1v) is 8.78. The number of benzene rings is 1. The van der Waals surface area contributed by atoms with Crippen LogP contribution in [0.5, 0.6) is 11.5 Å². The average molecular weight is 383 g/mol. The maximum absolute atomic E-state index is 12.5. The van der Waals surface area contributed by atoms with E-state index in [-0.39, 0.29) is 5.82 Å². The number of carboxylic acids is 1. The summed E-state index contributed by atoms with van der Waals surface area (Å²) in [5.41, 5.74) is -0.749. The molecule has 8 nitrogen and oxygen atoms in total. The summed E-state index contributed by atoms with van der Waals surface area (Å²) in [5, 5.41) is 14.3. The van der Waals surface area contributed by atoms with Crippen molar-refractivity contribution in [3.8, 4) is 29.5 Å². The highest BCUT2D eigenvalue weighted by Crippen LogP contribution is 2.38. The number of amides is 1. The predicted molar refractivity (Wildman–Crippen MR) is 102 cm³/mol. The fourth-order valence-electron chi connectivity index (χ4n) is 3.58. The Kier molecular flexibility index (Phi) is 5.27. The van der Waals surface area contributed by atoms with Crippen molar-refractivity contribution in [2.45, 2.75) is 31.2 Å². The molecule has 1 aromatic heterocycles.